The molecule has 0 amide bonds. The molecule has 0 heterocycles. The number of hydrogen-bond acceptors (Lipinski definition) is 3. The molecule has 0 N–H and O–H groups in total. The van der Waals surface area contributed by atoms with E-state index in [9.17, 15) is 4.79 Å². The number of benzene rings is 1. The van der Waals surface area contributed by atoms with Crippen LogP contribution < -0.4 is 4.74 Å². The first-order valence-electron chi connectivity index (χ1n) is 6.23. The third-order valence-electron chi connectivity index (χ3n) is 2.45. The molecule has 3 nitrogen and oxygen atoms in total. The van der Waals surface area contributed by atoms with E-state index in [1.54, 1.807) is 6.07 Å². The molecule has 4 heteroatoms. The van der Waals surface area contributed by atoms with Gasteiger partial charge in [0.25, 0.3) is 0 Å². The van der Waals surface area contributed by atoms with Gasteiger partial charge < -0.3 is 9.47 Å². The Balaban J connectivity index is 2.25. The van der Waals surface area contributed by atoms with Gasteiger partial charge in [0.1, 0.15) is 5.75 Å². The van der Waals surface area contributed by atoms with Gasteiger partial charge in [0.15, 0.2) is 6.29 Å². The topological polar surface area (TPSA) is 35.5 Å². The minimum Gasteiger partial charge on any atom is -0.492 e. The second-order valence-electron chi connectivity index (χ2n) is 3.95. The van der Waals surface area contributed by atoms with Crippen molar-refractivity contribution in [2.24, 2.45) is 0 Å². The van der Waals surface area contributed by atoms with E-state index in [2.05, 4.69) is 22.9 Å². The molecule has 0 unspecified atom stereocenters. The first-order chi connectivity index (χ1) is 8.79. The first kappa shape index (κ1) is 15.2. The van der Waals surface area contributed by atoms with Crippen molar-refractivity contribution in [3.63, 3.8) is 0 Å². The number of carbonyl (C=O) groups excluding carboxylic acids is 1. The van der Waals surface area contributed by atoms with Crippen LogP contribution in [0, 0.1) is 0 Å². The molecule has 18 heavy (non-hydrogen) atoms. The van der Waals surface area contributed by atoms with E-state index in [1.165, 1.54) is 0 Å². The average Bonchev–Trinajstić information content (AvgIpc) is 2.39. The van der Waals surface area contributed by atoms with Gasteiger partial charge >= 0.3 is 0 Å². The van der Waals surface area contributed by atoms with Crippen LogP contribution in [0.4, 0.5) is 0 Å². The van der Waals surface area contributed by atoms with Gasteiger partial charge in [-0.15, -0.1) is 0 Å². The number of ether oxygens (including phenoxy) is 2. The van der Waals surface area contributed by atoms with Crippen molar-refractivity contribution < 1.29 is 14.3 Å². The van der Waals surface area contributed by atoms with E-state index in [1.807, 2.05) is 12.1 Å². The molecule has 0 aromatic heterocycles. The predicted molar refractivity (Wildman–Crippen MR) is 75.4 cm³/mol. The van der Waals surface area contributed by atoms with Crippen molar-refractivity contribution in [2.45, 2.75) is 26.2 Å². The van der Waals surface area contributed by atoms with Crippen LogP contribution in [0.1, 0.15) is 36.5 Å². The molecular formula is C14H19BrO3. The van der Waals surface area contributed by atoms with E-state index in [0.717, 1.165) is 32.2 Å². The molecule has 0 saturated heterocycles. The van der Waals surface area contributed by atoms with E-state index in [0.29, 0.717) is 29.0 Å². The summed E-state index contributed by atoms with van der Waals surface area (Å²) in [7, 11) is 0. The van der Waals surface area contributed by atoms with Crippen molar-refractivity contribution in [3.8, 4) is 5.75 Å². The Labute approximate surface area is 117 Å². The molecule has 1 aromatic rings. The van der Waals surface area contributed by atoms with Gasteiger partial charge in [0, 0.05) is 25.2 Å². The molecular weight excluding hydrogens is 296 g/mol. The molecule has 0 bridgehead atoms. The Bertz CT molecular complexity index is 366. The van der Waals surface area contributed by atoms with Crippen molar-refractivity contribution >= 4 is 22.2 Å². The van der Waals surface area contributed by atoms with Crippen LogP contribution in [-0.4, -0.2) is 26.1 Å². The standard InChI is InChI=1S/C14H19BrO3/c1-2-3-8-17-9-5-10-18-13-7-4-6-12(11-16)14(13)15/h4,6-7,11H,2-3,5,8-10H2,1H3. The minimum absolute atomic E-state index is 0.590. The summed E-state index contributed by atoms with van der Waals surface area (Å²) in [6.07, 6.45) is 3.92. The number of hydrogen-bond donors (Lipinski definition) is 0. The van der Waals surface area contributed by atoms with Crippen molar-refractivity contribution in [2.75, 3.05) is 19.8 Å². The molecule has 100 valence electrons. The Morgan fingerprint density at radius 1 is 1.22 bits per heavy atom. The van der Waals surface area contributed by atoms with Crippen LogP contribution in [0.5, 0.6) is 5.75 Å². The molecule has 0 spiro atoms. The smallest absolute Gasteiger partial charge is 0.151 e. The van der Waals surface area contributed by atoms with Crippen molar-refractivity contribution in [1.82, 2.24) is 0 Å². The molecule has 0 atom stereocenters. The Kier molecular flexibility index (Phi) is 7.69. The summed E-state index contributed by atoms with van der Waals surface area (Å²) in [5.41, 5.74) is 0.603. The second-order valence-corrected chi connectivity index (χ2v) is 4.74. The van der Waals surface area contributed by atoms with E-state index < -0.39 is 0 Å². The summed E-state index contributed by atoms with van der Waals surface area (Å²) in [6, 6.07) is 5.40. The molecule has 0 radical (unpaired) electrons. The highest BCUT2D eigenvalue weighted by Crippen LogP contribution is 2.27. The molecule has 1 aromatic carbocycles. The minimum atomic E-state index is 0.590. The molecule has 0 saturated carbocycles. The molecule has 0 aliphatic rings. The number of unbranched alkanes of at least 4 members (excludes halogenated alkanes) is 1. The van der Waals surface area contributed by atoms with Gasteiger partial charge in [-0.05, 0) is 28.4 Å². The fourth-order valence-electron chi connectivity index (χ4n) is 1.42. The van der Waals surface area contributed by atoms with Gasteiger partial charge in [-0.25, -0.2) is 0 Å². The third-order valence-corrected chi connectivity index (χ3v) is 3.30. The molecule has 1 rings (SSSR count). The fraction of sp³-hybridized carbons (Fsp3) is 0.500. The largest absolute Gasteiger partial charge is 0.492 e. The second kappa shape index (κ2) is 9.11. The van der Waals surface area contributed by atoms with Crippen LogP contribution in [0.15, 0.2) is 22.7 Å². The SMILES string of the molecule is CCCCOCCCOc1cccc(C=O)c1Br. The Hall–Kier alpha value is -0.870. The summed E-state index contributed by atoms with van der Waals surface area (Å²) >= 11 is 3.36. The van der Waals surface area contributed by atoms with Crippen molar-refractivity contribution in [3.05, 3.63) is 28.2 Å². The lowest BCUT2D eigenvalue weighted by Gasteiger charge is -2.09. The molecule has 0 aliphatic heterocycles. The van der Waals surface area contributed by atoms with E-state index in [4.69, 9.17) is 9.47 Å². The normalized spacial score (nSPS) is 10.3. The zero-order chi connectivity index (χ0) is 13.2. The van der Waals surface area contributed by atoms with Crippen LogP contribution >= 0.6 is 15.9 Å². The number of rotatable bonds is 9. The fourth-order valence-corrected chi connectivity index (χ4v) is 1.89. The summed E-state index contributed by atoms with van der Waals surface area (Å²) in [4.78, 5) is 10.8. The van der Waals surface area contributed by atoms with Crippen LogP contribution in [-0.2, 0) is 4.74 Å². The highest BCUT2D eigenvalue weighted by Gasteiger charge is 2.05. The van der Waals surface area contributed by atoms with Crippen LogP contribution in [0.25, 0.3) is 0 Å². The monoisotopic (exact) mass is 314 g/mol. The zero-order valence-electron chi connectivity index (χ0n) is 10.7. The van der Waals surface area contributed by atoms with Crippen LogP contribution in [0.3, 0.4) is 0 Å². The predicted octanol–water partition coefficient (Wildman–Crippen LogP) is 3.85. The van der Waals surface area contributed by atoms with Gasteiger partial charge in [0.05, 0.1) is 11.1 Å². The maximum atomic E-state index is 10.8. The highest BCUT2D eigenvalue weighted by atomic mass is 79.9. The average molecular weight is 315 g/mol. The lowest BCUT2D eigenvalue weighted by Crippen LogP contribution is -2.04. The first-order valence-corrected chi connectivity index (χ1v) is 7.03. The lowest BCUT2D eigenvalue weighted by atomic mass is 10.2. The number of aldehydes is 1. The molecule has 0 aliphatic carbocycles. The van der Waals surface area contributed by atoms with Gasteiger partial charge in [-0.3, -0.25) is 4.79 Å². The molecule has 0 fully saturated rings. The Morgan fingerprint density at radius 3 is 2.72 bits per heavy atom. The summed E-state index contributed by atoms with van der Waals surface area (Å²) in [6.45, 7) is 4.27. The Morgan fingerprint density at radius 2 is 2.00 bits per heavy atom. The number of carbonyl (C=O) groups is 1. The third kappa shape index (κ3) is 5.19. The highest BCUT2D eigenvalue weighted by molar-refractivity contribution is 9.10. The van der Waals surface area contributed by atoms with Crippen LogP contribution in [0.2, 0.25) is 0 Å². The zero-order valence-corrected chi connectivity index (χ0v) is 12.2. The lowest BCUT2D eigenvalue weighted by molar-refractivity contribution is 0.111. The van der Waals surface area contributed by atoms with Gasteiger partial charge in [0.2, 0.25) is 0 Å². The maximum Gasteiger partial charge on any atom is 0.151 e. The van der Waals surface area contributed by atoms with Crippen molar-refractivity contribution in [1.29, 1.82) is 0 Å². The summed E-state index contributed by atoms with van der Waals surface area (Å²) in [5.74, 6) is 0.702. The maximum absolute atomic E-state index is 10.8. The van der Waals surface area contributed by atoms with E-state index >= 15 is 0 Å². The summed E-state index contributed by atoms with van der Waals surface area (Å²) in [5, 5.41) is 0. The van der Waals surface area contributed by atoms with Gasteiger partial charge in [-0.1, -0.05) is 25.5 Å². The quantitative estimate of drug-likeness (QED) is 0.513. The summed E-state index contributed by atoms with van der Waals surface area (Å²) < 4.78 is 11.8. The van der Waals surface area contributed by atoms with E-state index in [-0.39, 0.29) is 0 Å². The van der Waals surface area contributed by atoms with Gasteiger partial charge in [-0.2, -0.15) is 0 Å². The number of halogens is 1.